The van der Waals surface area contributed by atoms with Crippen molar-refractivity contribution in [2.24, 2.45) is 7.05 Å². The second kappa shape index (κ2) is 7.95. The second-order valence-corrected chi connectivity index (χ2v) is 8.09. The van der Waals surface area contributed by atoms with Gasteiger partial charge in [-0.25, -0.2) is 9.97 Å². The Hall–Kier alpha value is -2.73. The quantitative estimate of drug-likeness (QED) is 0.710. The van der Waals surface area contributed by atoms with Crippen molar-refractivity contribution in [2.45, 2.75) is 52.1 Å². The minimum Gasteiger partial charge on any atom is -0.331 e. The fraction of sp³-hybridized carbons (Fsp3) is 0.435. The third-order valence-electron chi connectivity index (χ3n) is 6.26. The van der Waals surface area contributed by atoms with Gasteiger partial charge in [0.2, 0.25) is 5.91 Å². The number of nitrogens with zero attached hydrogens (tertiary/aromatic N) is 4. The fourth-order valence-corrected chi connectivity index (χ4v) is 4.34. The Morgan fingerprint density at radius 1 is 1.17 bits per heavy atom. The van der Waals surface area contributed by atoms with Gasteiger partial charge in [-0.15, -0.1) is 0 Å². The van der Waals surface area contributed by atoms with Crippen molar-refractivity contribution < 1.29 is 4.79 Å². The number of amides is 1. The van der Waals surface area contributed by atoms with Gasteiger partial charge in [-0.05, 0) is 50.6 Å². The van der Waals surface area contributed by atoms with Crippen LogP contribution in [-0.2, 0) is 11.8 Å². The lowest BCUT2D eigenvalue weighted by Gasteiger charge is -2.26. The van der Waals surface area contributed by atoms with Crippen molar-refractivity contribution >= 4 is 22.5 Å². The van der Waals surface area contributed by atoms with E-state index in [1.165, 1.54) is 6.42 Å². The Labute approximate surface area is 172 Å². The van der Waals surface area contributed by atoms with E-state index in [4.69, 9.17) is 0 Å². The molecule has 1 aromatic carbocycles. The van der Waals surface area contributed by atoms with Crippen molar-refractivity contribution in [3.05, 3.63) is 42.5 Å². The van der Waals surface area contributed by atoms with Crippen LogP contribution < -0.4 is 5.32 Å². The molecule has 29 heavy (non-hydrogen) atoms. The van der Waals surface area contributed by atoms with E-state index in [2.05, 4.69) is 56.8 Å². The lowest BCUT2D eigenvalue weighted by molar-refractivity contribution is -0.118. The van der Waals surface area contributed by atoms with Gasteiger partial charge in [-0.1, -0.05) is 19.1 Å². The third kappa shape index (κ3) is 3.90. The number of likely N-dealkylation sites (tertiary alicyclic amines) is 1. The minimum atomic E-state index is 0.00228. The maximum absolute atomic E-state index is 12.6. The average molecular weight is 392 g/mol. The van der Waals surface area contributed by atoms with Gasteiger partial charge in [0, 0.05) is 36.3 Å². The van der Waals surface area contributed by atoms with Crippen molar-refractivity contribution in [3.63, 3.8) is 0 Å². The Kier molecular flexibility index (Phi) is 5.37. The van der Waals surface area contributed by atoms with Crippen LogP contribution in [0.5, 0.6) is 0 Å². The van der Waals surface area contributed by atoms with Gasteiger partial charge >= 0.3 is 0 Å². The number of rotatable bonds is 5. The van der Waals surface area contributed by atoms with Crippen molar-refractivity contribution in [2.75, 3.05) is 11.9 Å². The van der Waals surface area contributed by atoms with Crippen LogP contribution in [0.1, 0.15) is 38.9 Å². The van der Waals surface area contributed by atoms with Crippen LogP contribution >= 0.6 is 0 Å². The molecule has 0 bridgehead atoms. The van der Waals surface area contributed by atoms with Gasteiger partial charge in [-0.2, -0.15) is 0 Å². The number of aromatic nitrogens is 3. The number of aryl methyl sites for hydroxylation is 1. The molecule has 0 spiro atoms. The van der Waals surface area contributed by atoms with E-state index in [-0.39, 0.29) is 5.91 Å². The molecule has 1 aliphatic heterocycles. The minimum absolute atomic E-state index is 0.00228. The SMILES string of the molecule is CCC1CCC(C)N1CC(=O)Nc1cc2cc(-c3cnc(C)n3C)ccc2cn1. The summed E-state index contributed by atoms with van der Waals surface area (Å²) in [7, 11) is 2.02. The number of pyridine rings is 1. The number of benzene rings is 1. The molecule has 2 atom stereocenters. The first-order valence-corrected chi connectivity index (χ1v) is 10.4. The molecule has 3 heterocycles. The highest BCUT2D eigenvalue weighted by Crippen LogP contribution is 2.27. The topological polar surface area (TPSA) is 63.1 Å². The Bertz CT molecular complexity index is 1040. The molecular weight excluding hydrogens is 362 g/mol. The predicted octanol–water partition coefficient (Wildman–Crippen LogP) is 4.15. The standard InChI is InChI=1S/C23H29N5O/c1-5-20-9-6-15(2)28(20)14-23(29)26-22-11-19-10-17(7-8-18(19)12-25-22)21-13-24-16(3)27(21)4/h7-8,10-13,15,20H,5-6,9,14H2,1-4H3,(H,25,26,29). The molecule has 0 aliphatic carbocycles. The number of carbonyl (C=O) groups excluding carboxylic acids is 1. The van der Waals surface area contributed by atoms with Crippen molar-refractivity contribution in [3.8, 4) is 11.3 Å². The van der Waals surface area contributed by atoms with Gasteiger partial charge in [0.25, 0.3) is 0 Å². The third-order valence-corrected chi connectivity index (χ3v) is 6.26. The summed E-state index contributed by atoms with van der Waals surface area (Å²) in [5.41, 5.74) is 2.17. The largest absolute Gasteiger partial charge is 0.331 e. The lowest BCUT2D eigenvalue weighted by atomic mass is 10.1. The summed E-state index contributed by atoms with van der Waals surface area (Å²) in [6.07, 6.45) is 7.13. The van der Waals surface area contributed by atoms with Gasteiger partial charge < -0.3 is 9.88 Å². The first-order chi connectivity index (χ1) is 14.0. The zero-order valence-electron chi connectivity index (χ0n) is 17.6. The number of fused-ring (bicyclic) bond motifs is 1. The summed E-state index contributed by atoms with van der Waals surface area (Å²) in [4.78, 5) is 23.8. The molecular formula is C23H29N5O. The number of hydrogen-bond donors (Lipinski definition) is 1. The molecule has 2 aromatic heterocycles. The summed E-state index contributed by atoms with van der Waals surface area (Å²) < 4.78 is 2.08. The normalized spacial score (nSPS) is 19.7. The molecule has 0 radical (unpaired) electrons. The van der Waals surface area contributed by atoms with Gasteiger partial charge in [0.15, 0.2) is 0 Å². The molecule has 152 valence electrons. The molecule has 4 rings (SSSR count). The Balaban J connectivity index is 1.53. The summed E-state index contributed by atoms with van der Waals surface area (Å²) in [5, 5.41) is 5.09. The van der Waals surface area contributed by atoms with Crippen molar-refractivity contribution in [1.29, 1.82) is 0 Å². The van der Waals surface area contributed by atoms with E-state index in [1.54, 1.807) is 0 Å². The number of imidazole rings is 1. The van der Waals surface area contributed by atoms with E-state index < -0.39 is 0 Å². The van der Waals surface area contributed by atoms with Crippen LogP contribution in [0.25, 0.3) is 22.0 Å². The number of anilines is 1. The molecule has 6 heteroatoms. The lowest BCUT2D eigenvalue weighted by Crippen LogP contribution is -2.40. The molecule has 3 aromatic rings. The molecule has 1 amide bonds. The van der Waals surface area contributed by atoms with E-state index in [0.29, 0.717) is 24.4 Å². The smallest absolute Gasteiger partial charge is 0.239 e. The Morgan fingerprint density at radius 2 is 2.00 bits per heavy atom. The van der Waals surface area contributed by atoms with Crippen LogP contribution in [0.15, 0.2) is 36.7 Å². The number of nitrogens with one attached hydrogen (secondary N) is 1. The molecule has 2 unspecified atom stereocenters. The molecule has 6 nitrogen and oxygen atoms in total. The van der Waals surface area contributed by atoms with E-state index in [1.807, 2.05) is 32.4 Å². The zero-order chi connectivity index (χ0) is 20.5. The zero-order valence-corrected chi connectivity index (χ0v) is 17.6. The summed E-state index contributed by atoms with van der Waals surface area (Å²) in [5.74, 6) is 1.58. The first-order valence-electron chi connectivity index (χ1n) is 10.4. The summed E-state index contributed by atoms with van der Waals surface area (Å²) in [6, 6.07) is 9.18. The maximum Gasteiger partial charge on any atom is 0.239 e. The maximum atomic E-state index is 12.6. The van der Waals surface area contributed by atoms with Gasteiger partial charge in [0.1, 0.15) is 11.6 Å². The molecule has 0 saturated carbocycles. The predicted molar refractivity (Wildman–Crippen MR) is 117 cm³/mol. The van der Waals surface area contributed by atoms with Crippen molar-refractivity contribution in [1.82, 2.24) is 19.4 Å². The fourth-order valence-electron chi connectivity index (χ4n) is 4.34. The summed E-state index contributed by atoms with van der Waals surface area (Å²) in [6.45, 7) is 6.82. The number of carbonyl (C=O) groups is 1. The summed E-state index contributed by atoms with van der Waals surface area (Å²) >= 11 is 0. The number of hydrogen-bond acceptors (Lipinski definition) is 4. The van der Waals surface area contributed by atoms with E-state index >= 15 is 0 Å². The van der Waals surface area contributed by atoms with Gasteiger partial charge in [0.05, 0.1) is 18.4 Å². The highest BCUT2D eigenvalue weighted by molar-refractivity contribution is 5.94. The second-order valence-electron chi connectivity index (χ2n) is 8.09. The van der Waals surface area contributed by atoms with Crippen LogP contribution in [-0.4, -0.2) is 44.0 Å². The highest BCUT2D eigenvalue weighted by Gasteiger charge is 2.30. The van der Waals surface area contributed by atoms with E-state index in [0.717, 1.165) is 40.7 Å². The van der Waals surface area contributed by atoms with E-state index in [9.17, 15) is 4.79 Å². The van der Waals surface area contributed by atoms with Crippen LogP contribution in [0.2, 0.25) is 0 Å². The molecule has 1 aliphatic rings. The molecule has 1 saturated heterocycles. The van der Waals surface area contributed by atoms with Crippen LogP contribution in [0.4, 0.5) is 5.82 Å². The molecule has 1 N–H and O–H groups in total. The monoisotopic (exact) mass is 391 g/mol. The van der Waals surface area contributed by atoms with Crippen LogP contribution in [0.3, 0.4) is 0 Å². The molecule has 1 fully saturated rings. The first kappa shape index (κ1) is 19.6. The highest BCUT2D eigenvalue weighted by atomic mass is 16.2. The van der Waals surface area contributed by atoms with Crippen LogP contribution in [0, 0.1) is 6.92 Å². The Morgan fingerprint density at radius 3 is 2.72 bits per heavy atom. The van der Waals surface area contributed by atoms with Gasteiger partial charge in [-0.3, -0.25) is 9.69 Å². The average Bonchev–Trinajstić information content (AvgIpc) is 3.23.